The van der Waals surface area contributed by atoms with Gasteiger partial charge in [-0.3, -0.25) is 0 Å². The summed E-state index contributed by atoms with van der Waals surface area (Å²) in [6.07, 6.45) is 0. The van der Waals surface area contributed by atoms with Crippen molar-refractivity contribution in [3.05, 3.63) is 0 Å². The molecular formula is AuIrPdPtRhRu. The molecule has 0 aromatic carbocycles. The van der Waals surface area contributed by atoms with Crippen molar-refractivity contribution >= 4 is 0 Å². The molecule has 0 saturated carbocycles. The van der Waals surface area contributed by atoms with Crippen molar-refractivity contribution in [1.29, 1.82) is 0 Å². The molecule has 0 rings (SSSR count). The quantitative estimate of drug-likeness (QED) is 0.301. The van der Waals surface area contributed by atoms with Crippen LogP contribution in [-0.2, 0) is 114 Å². The van der Waals surface area contributed by atoms with Crippen molar-refractivity contribution in [3.8, 4) is 0 Å². The van der Waals surface area contributed by atoms with E-state index in [1.807, 2.05) is 15.7 Å². The van der Waals surface area contributed by atoms with E-state index in [2.05, 4.69) is 18.2 Å². The fraction of sp³-hybridized carbons (Fsp3) is 0. The average molecular weight is 895 g/mol. The predicted octanol–water partition coefficient (Wildman–Crippen LogP) is -0.0150. The van der Waals surface area contributed by atoms with Crippen molar-refractivity contribution in [2.24, 2.45) is 0 Å². The summed E-state index contributed by atoms with van der Waals surface area (Å²) in [5.41, 5.74) is 0. The Balaban J connectivity index is -0.000000000833. The van der Waals surface area contributed by atoms with Gasteiger partial charge in [-0.1, -0.05) is 0 Å². The van der Waals surface area contributed by atoms with E-state index in [0.29, 0.717) is 0 Å². The first-order valence-electron chi connectivity index (χ1n) is 0.101. The van der Waals surface area contributed by atoms with Gasteiger partial charge in [-0.05, 0) is 0 Å². The first kappa shape index (κ1) is 32.4. The Morgan fingerprint density at radius 2 is 1.17 bits per heavy atom. The van der Waals surface area contributed by atoms with E-state index in [4.69, 9.17) is 0 Å². The molecule has 0 fully saturated rings. The smallest absolute Gasteiger partial charge is 0 e. The van der Waals surface area contributed by atoms with Gasteiger partial charge in [0.1, 0.15) is 0 Å². The minimum Gasteiger partial charge on any atom is 0 e. The standard InChI is InChI=1S/Au.Ir.Pd.Pt.Rh.Ru. The van der Waals surface area contributed by atoms with Crippen molar-refractivity contribution in [3.63, 3.8) is 0 Å². The summed E-state index contributed by atoms with van der Waals surface area (Å²) in [4.78, 5) is 0. The first-order valence-corrected chi connectivity index (χ1v) is 6.73. The second-order valence-corrected chi connectivity index (χ2v) is 0. The maximum atomic E-state index is 2.28. The molecule has 1 radical (unpaired) electrons. The number of hydrogen-bond donors (Lipinski definition) is 0. The fourth-order valence-corrected chi connectivity index (χ4v) is 0. The zero-order valence-electron chi connectivity index (χ0n) is 1.95. The molecule has 0 amide bonds. The molecule has 0 bridgehead atoms. The van der Waals surface area contributed by atoms with E-state index in [-0.39, 0.29) is 80.4 Å². The Bertz CT molecular complexity index is 15.5. The van der Waals surface area contributed by atoms with Gasteiger partial charge < -0.3 is 0 Å². The Morgan fingerprint density at radius 1 is 1.17 bits per heavy atom. The molecule has 6 heavy (non-hydrogen) atoms. The van der Waals surface area contributed by atoms with Gasteiger partial charge in [0.2, 0.25) is 0 Å². The first-order chi connectivity index (χ1) is 1.00. The Hall–Kier alpha value is 3.99. The van der Waals surface area contributed by atoms with Crippen LogP contribution in [0.2, 0.25) is 0 Å². The molecular weight excluding hydrogens is 895 g/mol. The minimum atomic E-state index is 0. The zero-order valence-corrected chi connectivity index (χ0v) is 13.7. The van der Waals surface area contributed by atoms with E-state index in [1.165, 1.54) is 0 Å². The van der Waals surface area contributed by atoms with Crippen molar-refractivity contribution in [2.75, 3.05) is 0 Å². The van der Waals surface area contributed by atoms with Gasteiger partial charge in [0.15, 0.2) is 0 Å². The molecule has 6 heteroatoms. The number of hydrogen-bond acceptors (Lipinski definition) is 0. The molecule has 0 unspecified atom stereocenters. The van der Waals surface area contributed by atoms with Gasteiger partial charge in [-0.15, -0.1) is 0 Å². The zero-order chi connectivity index (χ0) is 2.00. The van der Waals surface area contributed by atoms with E-state index in [9.17, 15) is 0 Å². The van der Waals surface area contributed by atoms with Crippen LogP contribution in [0.25, 0.3) is 0 Å². The van der Waals surface area contributed by atoms with Crippen LogP contribution in [0.4, 0.5) is 0 Å². The van der Waals surface area contributed by atoms with E-state index in [1.54, 1.807) is 0 Å². The van der Waals surface area contributed by atoms with Crippen LogP contribution >= 0.6 is 0 Å². The third kappa shape index (κ3) is 24.5. The normalized spacial score (nSPS) is 1.33. The van der Waals surface area contributed by atoms with Crippen LogP contribution in [0.5, 0.6) is 0 Å². The van der Waals surface area contributed by atoms with Crippen LogP contribution in [0.15, 0.2) is 0 Å². The fourth-order valence-electron chi connectivity index (χ4n) is 0. The minimum absolute atomic E-state index is 0. The molecule has 0 aliphatic rings. The van der Waals surface area contributed by atoms with Crippen LogP contribution < -0.4 is 0 Å². The Labute approximate surface area is 112 Å². The molecule has 0 N–H and O–H groups in total. The van der Waals surface area contributed by atoms with Crippen LogP contribution in [0.1, 0.15) is 0 Å². The third-order valence-corrected chi connectivity index (χ3v) is 0. The largest absolute Gasteiger partial charge is 0 e. The topological polar surface area (TPSA) is 0 Å². The average Bonchev–Trinajstić information content (AvgIpc) is 1.00. The van der Waals surface area contributed by atoms with Crippen LogP contribution in [0.3, 0.4) is 0 Å². The molecule has 0 aliphatic heterocycles. The summed E-state index contributed by atoms with van der Waals surface area (Å²) < 4.78 is 0. The summed E-state index contributed by atoms with van der Waals surface area (Å²) in [6.45, 7) is 0. The summed E-state index contributed by atoms with van der Waals surface area (Å²) in [5, 5.41) is 0. The molecule has 0 nitrogen and oxygen atoms in total. The van der Waals surface area contributed by atoms with Gasteiger partial charge >= 0.3 is 33.9 Å². The number of rotatable bonds is 0. The molecule has 0 atom stereocenters. The van der Waals surface area contributed by atoms with Crippen LogP contribution in [-0.4, -0.2) is 0 Å². The molecule has 57 valence electrons. The maximum absolute atomic E-state index is 2.28. The SMILES string of the molecule is [Ir][Au].[Pd].[Pt].[Rh].[Ru]. The van der Waals surface area contributed by atoms with E-state index >= 15 is 0 Å². The van der Waals surface area contributed by atoms with Gasteiger partial charge in [-0.25, -0.2) is 0 Å². The van der Waals surface area contributed by atoms with Crippen molar-refractivity contribution in [2.45, 2.75) is 0 Å². The Morgan fingerprint density at radius 3 is 1.17 bits per heavy atom. The van der Waals surface area contributed by atoms with E-state index < -0.39 is 0 Å². The van der Waals surface area contributed by atoms with Crippen LogP contribution in [0, 0.1) is 0 Å². The maximum Gasteiger partial charge on any atom is 0 e. The summed E-state index contributed by atoms with van der Waals surface area (Å²) >= 11 is 4.22. The monoisotopic (exact) mass is 896 g/mol. The van der Waals surface area contributed by atoms with E-state index in [0.717, 1.165) is 0 Å². The molecule has 0 spiro atoms. The summed E-state index contributed by atoms with van der Waals surface area (Å²) in [6, 6.07) is 0. The predicted molar refractivity (Wildman–Crippen MR) is 0 cm³/mol. The third-order valence-electron chi connectivity index (χ3n) is 0. The molecule has 0 heterocycles. The summed E-state index contributed by atoms with van der Waals surface area (Å²) in [7, 11) is 0. The second kappa shape index (κ2) is 36.1. The van der Waals surface area contributed by atoms with Crippen molar-refractivity contribution in [1.82, 2.24) is 0 Å². The summed E-state index contributed by atoms with van der Waals surface area (Å²) in [5.74, 6) is 0. The van der Waals surface area contributed by atoms with Crippen molar-refractivity contribution < 1.29 is 114 Å². The van der Waals surface area contributed by atoms with Gasteiger partial charge in [0.05, 0.1) is 0 Å². The van der Waals surface area contributed by atoms with Gasteiger partial charge in [-0.2, -0.15) is 0 Å². The molecule has 0 saturated heterocycles. The Kier molecular flexibility index (Phi) is 195. The second-order valence-electron chi connectivity index (χ2n) is 0. The molecule has 0 aromatic rings. The molecule has 0 aromatic heterocycles. The van der Waals surface area contributed by atoms with Gasteiger partial charge in [0, 0.05) is 80.4 Å². The van der Waals surface area contributed by atoms with Gasteiger partial charge in [0.25, 0.3) is 0 Å². The molecule has 0 aliphatic carbocycles.